The van der Waals surface area contributed by atoms with E-state index in [9.17, 15) is 13.2 Å². The van der Waals surface area contributed by atoms with Crippen molar-refractivity contribution >= 4 is 177 Å². The van der Waals surface area contributed by atoms with Gasteiger partial charge < -0.3 is 28.4 Å². The Kier molecular flexibility index (Phi) is 16.2. The maximum atomic E-state index is 13.9. The van der Waals surface area contributed by atoms with E-state index in [1.807, 2.05) is 65.6 Å². The first-order valence-electron chi connectivity index (χ1n) is 37.3. The van der Waals surface area contributed by atoms with Crippen LogP contribution in [0.4, 0.5) is 81.4 Å². The number of anilines is 12. The molecule has 0 N–H and O–H groups in total. The first-order valence-corrected chi connectivity index (χ1v) is 37.3. The van der Waals surface area contributed by atoms with Crippen LogP contribution in [0.5, 0.6) is 0 Å². The number of hydrogen-bond acceptors (Lipinski definition) is 6. The van der Waals surface area contributed by atoms with E-state index in [4.69, 9.17) is 8.83 Å². The zero-order chi connectivity index (χ0) is 73.8. The molecule has 6 nitrogen and oxygen atoms in total. The Labute approximate surface area is 629 Å². The van der Waals surface area contributed by atoms with Crippen LogP contribution in [0.3, 0.4) is 0 Å². The van der Waals surface area contributed by atoms with Crippen LogP contribution in [0.1, 0.15) is 61.8 Å². The van der Waals surface area contributed by atoms with Crippen molar-refractivity contribution in [3.05, 3.63) is 362 Å². The van der Waals surface area contributed by atoms with Crippen molar-refractivity contribution < 1.29 is 22.0 Å². The lowest BCUT2D eigenvalue weighted by Gasteiger charge is -2.31. The summed E-state index contributed by atoms with van der Waals surface area (Å²) in [5.74, 6) is 0.687. The fraction of sp³-hybridized carbons (Fsp3) is 0.0800. The Morgan fingerprint density at radius 3 is 0.963 bits per heavy atom. The molecule has 0 aliphatic carbocycles. The van der Waals surface area contributed by atoms with E-state index in [0.717, 1.165) is 134 Å². The molecule has 18 aromatic carbocycles. The van der Waals surface area contributed by atoms with Gasteiger partial charge in [0.25, 0.3) is 0 Å². The predicted molar refractivity (Wildman–Crippen MR) is 451 cm³/mol. The highest BCUT2D eigenvalue weighted by Crippen LogP contribution is 2.54. The standard InChI is InChI=1S/C54H33F3N2O2.C46H40N2/c1-32-16-24-36(25-17-32)58(46-12-6-10-40-38-8-2-4-14-48(38)60-52(40)46)44-30-20-33-19-29-43-45(31-21-34-18-28-42(44)50(33)51(34)43)59(37-26-22-35(23-27-37)54(55,56)57)47-13-7-11-41-39-9-3-5-15-49(39)61-53(41)47;1-31(2)41-29-43(47(33-17-9-5-10-18-33)34-19-11-6-12-20-34)39-28-26-38-42(32(3)4)30-44(40-27-25-37(41)45(39)46(38)40)48(35-21-13-7-14-22-35)36-23-15-8-16-24-36/h2-31H,1H3;5-32H,1-4H3. The predicted octanol–water partition coefficient (Wildman–Crippen LogP) is 30.4. The summed E-state index contributed by atoms with van der Waals surface area (Å²) in [5, 5.41) is 18.1. The third kappa shape index (κ3) is 11.3. The van der Waals surface area contributed by atoms with Crippen molar-refractivity contribution in [2.24, 2.45) is 0 Å². The molecule has 0 atom stereocenters. The molecule has 20 rings (SSSR count). The van der Waals surface area contributed by atoms with E-state index >= 15 is 0 Å². The van der Waals surface area contributed by atoms with Gasteiger partial charge in [0, 0.05) is 77.2 Å². The number of hydrogen-bond donors (Lipinski definition) is 0. The summed E-state index contributed by atoms with van der Waals surface area (Å²) in [7, 11) is 0. The second kappa shape index (κ2) is 26.6. The fourth-order valence-electron chi connectivity index (χ4n) is 16.8. The number of rotatable bonds is 14. The highest BCUT2D eigenvalue weighted by Gasteiger charge is 2.33. The summed E-state index contributed by atoms with van der Waals surface area (Å²) in [4.78, 5) is 9.18. The maximum absolute atomic E-state index is 13.9. The summed E-state index contributed by atoms with van der Waals surface area (Å²) >= 11 is 0. The average molecular weight is 1420 g/mol. The lowest BCUT2D eigenvalue weighted by atomic mass is 9.84. The first kappa shape index (κ1) is 66.3. The van der Waals surface area contributed by atoms with Crippen LogP contribution in [0, 0.1) is 6.92 Å². The number of para-hydroxylation sites is 8. The van der Waals surface area contributed by atoms with Crippen LogP contribution in [0.2, 0.25) is 0 Å². The van der Waals surface area contributed by atoms with E-state index in [1.165, 1.54) is 54.8 Å². The van der Waals surface area contributed by atoms with Gasteiger partial charge >= 0.3 is 6.18 Å². The minimum Gasteiger partial charge on any atom is -0.454 e. The third-order valence-corrected chi connectivity index (χ3v) is 21.8. The summed E-state index contributed by atoms with van der Waals surface area (Å²) in [5.41, 5.74) is 18.2. The molecule has 9 heteroatoms. The second-order valence-corrected chi connectivity index (χ2v) is 29.0. The number of furan rings is 2. The molecule has 2 aromatic heterocycles. The topological polar surface area (TPSA) is 39.2 Å². The smallest absolute Gasteiger partial charge is 0.416 e. The Morgan fingerprint density at radius 1 is 0.257 bits per heavy atom. The molecule has 0 amide bonds. The number of fused-ring (bicyclic) bond motifs is 6. The molecule has 526 valence electrons. The van der Waals surface area contributed by atoms with Crippen molar-refractivity contribution in [3.8, 4) is 0 Å². The SMILES string of the molecule is CC(C)c1cc(N(c2ccccc2)c2ccccc2)c2ccc3c(C(C)C)cc(N(c4ccccc4)c4ccccc4)c4ccc1c2c34.Cc1ccc(N(c2ccc3ccc4c(N(c5ccc(C(F)(F)F)cc5)c5cccc6c5oc5ccccc56)ccc5ccc2c3c54)c2cccc3c2oc2ccccc23)cc1. The molecule has 0 saturated carbocycles. The molecule has 0 unspecified atom stereocenters. The molecule has 0 bridgehead atoms. The molecule has 0 aliphatic rings. The van der Waals surface area contributed by atoms with Gasteiger partial charge in [0.15, 0.2) is 11.2 Å². The van der Waals surface area contributed by atoms with Gasteiger partial charge in [-0.15, -0.1) is 0 Å². The average Bonchev–Trinajstić information content (AvgIpc) is 1.08. The van der Waals surface area contributed by atoms with Gasteiger partial charge in [-0.25, -0.2) is 0 Å². The number of benzene rings is 18. The van der Waals surface area contributed by atoms with Crippen molar-refractivity contribution in [1.29, 1.82) is 0 Å². The summed E-state index contributed by atoms with van der Waals surface area (Å²) in [6.45, 7) is 11.4. The fourth-order valence-corrected chi connectivity index (χ4v) is 16.8. The van der Waals surface area contributed by atoms with Crippen molar-refractivity contribution in [1.82, 2.24) is 0 Å². The number of nitrogens with zero attached hydrogens (tertiary/aromatic N) is 4. The van der Waals surface area contributed by atoms with Crippen LogP contribution in [-0.4, -0.2) is 0 Å². The lowest BCUT2D eigenvalue weighted by molar-refractivity contribution is -0.137. The van der Waals surface area contributed by atoms with Crippen molar-refractivity contribution in [2.75, 3.05) is 19.6 Å². The molecule has 2 heterocycles. The molecular formula is C100H73F3N4O2. The van der Waals surface area contributed by atoms with Gasteiger partial charge in [0.2, 0.25) is 0 Å². The van der Waals surface area contributed by atoms with Crippen molar-refractivity contribution in [2.45, 2.75) is 52.6 Å². The van der Waals surface area contributed by atoms with Crippen LogP contribution < -0.4 is 19.6 Å². The van der Waals surface area contributed by atoms with Gasteiger partial charge in [-0.2, -0.15) is 13.2 Å². The maximum Gasteiger partial charge on any atom is 0.416 e. The Bertz CT molecular complexity index is 6550. The number of halogens is 3. The van der Waals surface area contributed by atoms with Gasteiger partial charge in [0.05, 0.1) is 39.7 Å². The van der Waals surface area contributed by atoms with Gasteiger partial charge in [-0.3, -0.25) is 0 Å². The van der Waals surface area contributed by atoms with E-state index in [-0.39, 0.29) is 0 Å². The van der Waals surface area contributed by atoms with E-state index in [1.54, 1.807) is 12.1 Å². The molecule has 0 spiro atoms. The van der Waals surface area contributed by atoms with Gasteiger partial charge in [0.1, 0.15) is 11.2 Å². The van der Waals surface area contributed by atoms with E-state index < -0.39 is 11.7 Å². The number of aryl methyl sites for hydroxylation is 1. The highest BCUT2D eigenvalue weighted by atomic mass is 19.4. The zero-order valence-corrected chi connectivity index (χ0v) is 60.7. The molecule has 0 radical (unpaired) electrons. The minimum atomic E-state index is -4.48. The third-order valence-electron chi connectivity index (χ3n) is 21.8. The minimum absolute atomic E-state index is 0.343. The van der Waals surface area contributed by atoms with Crippen LogP contribution in [0.15, 0.2) is 349 Å². The first-order chi connectivity index (χ1) is 53.3. The quantitative estimate of drug-likeness (QED) is 0.101. The van der Waals surface area contributed by atoms with Crippen LogP contribution in [-0.2, 0) is 6.18 Å². The normalized spacial score (nSPS) is 12.0. The monoisotopic (exact) mass is 1420 g/mol. The Morgan fingerprint density at radius 2 is 0.578 bits per heavy atom. The Balaban J connectivity index is 0.000000153. The summed E-state index contributed by atoms with van der Waals surface area (Å²) in [6.07, 6.45) is -4.48. The largest absolute Gasteiger partial charge is 0.454 e. The lowest BCUT2D eigenvalue weighted by Crippen LogP contribution is -2.13. The summed E-state index contributed by atoms with van der Waals surface area (Å²) in [6, 6.07) is 117. The van der Waals surface area contributed by atoms with E-state index in [0.29, 0.717) is 28.8 Å². The zero-order valence-electron chi connectivity index (χ0n) is 60.7. The van der Waals surface area contributed by atoms with Crippen LogP contribution in [0.25, 0.3) is 109 Å². The molecule has 20 aromatic rings. The molecular weight excluding hydrogens is 1350 g/mol. The highest BCUT2D eigenvalue weighted by molar-refractivity contribution is 6.31. The molecule has 0 aliphatic heterocycles. The molecule has 109 heavy (non-hydrogen) atoms. The van der Waals surface area contributed by atoms with E-state index in [2.05, 4.69) is 304 Å². The summed E-state index contributed by atoms with van der Waals surface area (Å²) < 4.78 is 55.0. The number of alkyl halides is 3. The molecule has 0 saturated heterocycles. The van der Waals surface area contributed by atoms with Crippen molar-refractivity contribution in [3.63, 3.8) is 0 Å². The second-order valence-electron chi connectivity index (χ2n) is 29.0. The van der Waals surface area contributed by atoms with Gasteiger partial charge in [-0.05, 0) is 206 Å². The Hall–Kier alpha value is -13.4. The van der Waals surface area contributed by atoms with Gasteiger partial charge in [-0.1, -0.05) is 240 Å². The van der Waals surface area contributed by atoms with Crippen LogP contribution >= 0.6 is 0 Å². The molecule has 0 fully saturated rings.